The molecule has 1 aromatic heterocycles. The van der Waals surface area contributed by atoms with E-state index in [0.29, 0.717) is 29.6 Å². The smallest absolute Gasteiger partial charge is 0.274 e. The maximum atomic E-state index is 13.2. The Morgan fingerprint density at radius 1 is 1.18 bits per heavy atom. The maximum absolute atomic E-state index is 13.2. The molecular formula is C24H31ClN4O4. The Labute approximate surface area is 199 Å². The first-order chi connectivity index (χ1) is 15.8. The fourth-order valence-electron chi connectivity index (χ4n) is 4.40. The lowest BCUT2D eigenvalue weighted by Crippen LogP contribution is -2.58. The Morgan fingerprint density at radius 3 is 2.67 bits per heavy atom. The number of likely N-dealkylation sites (tertiary alicyclic amines) is 1. The molecule has 0 bridgehead atoms. The van der Waals surface area contributed by atoms with Gasteiger partial charge in [0.25, 0.3) is 5.91 Å². The van der Waals surface area contributed by atoms with E-state index in [1.165, 1.54) is 0 Å². The van der Waals surface area contributed by atoms with Crippen molar-refractivity contribution in [1.29, 1.82) is 0 Å². The number of carbonyl (C=O) groups excluding carboxylic acids is 2. The number of rotatable bonds is 6. The van der Waals surface area contributed by atoms with Crippen LogP contribution in [0, 0.1) is 6.92 Å². The molecule has 0 radical (unpaired) electrons. The molecule has 1 atom stereocenters. The van der Waals surface area contributed by atoms with Crippen LogP contribution >= 0.6 is 11.6 Å². The number of hydrogen-bond acceptors (Lipinski definition) is 5. The first-order valence-electron chi connectivity index (χ1n) is 11.4. The zero-order valence-electron chi connectivity index (χ0n) is 19.3. The van der Waals surface area contributed by atoms with Crippen LogP contribution in [0.1, 0.15) is 41.7 Å². The minimum Gasteiger partial charge on any atom is -0.490 e. The molecule has 2 saturated heterocycles. The number of ether oxygens (including phenoxy) is 2. The fourth-order valence-corrected chi connectivity index (χ4v) is 4.52. The van der Waals surface area contributed by atoms with Crippen molar-refractivity contribution in [3.8, 4) is 5.75 Å². The normalized spacial score (nSPS) is 21.2. The number of morpholine rings is 1. The van der Waals surface area contributed by atoms with E-state index in [0.717, 1.165) is 37.9 Å². The van der Waals surface area contributed by atoms with Gasteiger partial charge in [0.05, 0.1) is 25.9 Å². The second-order valence-corrected chi connectivity index (χ2v) is 9.41. The summed E-state index contributed by atoms with van der Waals surface area (Å²) in [6.45, 7) is 4.62. The van der Waals surface area contributed by atoms with E-state index in [9.17, 15) is 9.59 Å². The van der Waals surface area contributed by atoms with Crippen LogP contribution in [-0.4, -0.2) is 76.2 Å². The van der Waals surface area contributed by atoms with Crippen LogP contribution < -0.4 is 4.74 Å². The van der Waals surface area contributed by atoms with Gasteiger partial charge in [-0.25, -0.2) is 4.98 Å². The molecular weight excluding hydrogens is 444 g/mol. The van der Waals surface area contributed by atoms with Gasteiger partial charge in [-0.1, -0.05) is 11.6 Å². The molecule has 1 aromatic carbocycles. The van der Waals surface area contributed by atoms with Gasteiger partial charge in [-0.05, 0) is 49.9 Å². The van der Waals surface area contributed by atoms with E-state index in [2.05, 4.69) is 4.98 Å². The summed E-state index contributed by atoms with van der Waals surface area (Å²) in [5, 5.41) is 0.665. The Morgan fingerprint density at radius 2 is 1.97 bits per heavy atom. The summed E-state index contributed by atoms with van der Waals surface area (Å²) in [6.07, 6.45) is 6.65. The van der Waals surface area contributed by atoms with Gasteiger partial charge >= 0.3 is 0 Å². The molecule has 2 amide bonds. The van der Waals surface area contributed by atoms with Crippen molar-refractivity contribution in [3.63, 3.8) is 0 Å². The van der Waals surface area contributed by atoms with Gasteiger partial charge in [0.15, 0.2) is 0 Å². The van der Waals surface area contributed by atoms with Crippen LogP contribution in [0.15, 0.2) is 30.7 Å². The standard InChI is InChI=1S/C24H31ClN4O4/c1-18-12-19(6-7-20(18)25)32-16-24(13-22(30)28-8-4-3-5-9-28)15-29(10-11-33-24)23(31)21-14-27(2)17-26-21/h6-7,12,14,17H,3-5,8-11,13,15-16H2,1-2H3/t24-/m1/s1. The van der Waals surface area contributed by atoms with Crippen LogP contribution in [0.5, 0.6) is 5.75 Å². The van der Waals surface area contributed by atoms with E-state index < -0.39 is 5.60 Å². The molecule has 2 aliphatic rings. The molecule has 2 aliphatic heterocycles. The van der Waals surface area contributed by atoms with Crippen LogP contribution in [0.2, 0.25) is 5.02 Å². The Kier molecular flexibility index (Phi) is 7.24. The lowest BCUT2D eigenvalue weighted by molar-refractivity contribution is -0.153. The highest BCUT2D eigenvalue weighted by molar-refractivity contribution is 6.31. The molecule has 0 saturated carbocycles. The number of aromatic nitrogens is 2. The average Bonchev–Trinajstić information content (AvgIpc) is 3.26. The van der Waals surface area contributed by atoms with Gasteiger partial charge in [0.1, 0.15) is 23.7 Å². The van der Waals surface area contributed by atoms with E-state index in [-0.39, 0.29) is 31.4 Å². The highest BCUT2D eigenvalue weighted by Crippen LogP contribution is 2.28. The summed E-state index contributed by atoms with van der Waals surface area (Å²) in [7, 11) is 1.83. The fraction of sp³-hybridized carbons (Fsp3) is 0.542. The third-order valence-corrected chi connectivity index (χ3v) is 6.70. The number of benzene rings is 1. The zero-order valence-corrected chi connectivity index (χ0v) is 20.0. The van der Waals surface area contributed by atoms with Crippen molar-refractivity contribution < 1.29 is 19.1 Å². The second kappa shape index (κ2) is 10.1. The maximum Gasteiger partial charge on any atom is 0.274 e. The molecule has 3 heterocycles. The third-order valence-electron chi connectivity index (χ3n) is 6.27. The van der Waals surface area contributed by atoms with Crippen LogP contribution in [-0.2, 0) is 16.6 Å². The zero-order chi connectivity index (χ0) is 23.4. The van der Waals surface area contributed by atoms with Crippen molar-refractivity contribution in [2.75, 3.05) is 39.4 Å². The molecule has 2 fully saturated rings. The van der Waals surface area contributed by atoms with E-state index in [4.69, 9.17) is 21.1 Å². The quantitative estimate of drug-likeness (QED) is 0.643. The van der Waals surface area contributed by atoms with Crippen molar-refractivity contribution in [3.05, 3.63) is 47.0 Å². The molecule has 2 aromatic rings. The lowest BCUT2D eigenvalue weighted by atomic mass is 9.96. The highest BCUT2D eigenvalue weighted by atomic mass is 35.5. The van der Waals surface area contributed by atoms with Crippen LogP contribution in [0.3, 0.4) is 0 Å². The Balaban J connectivity index is 1.53. The average molecular weight is 475 g/mol. The van der Waals surface area contributed by atoms with Gasteiger partial charge in [-0.3, -0.25) is 9.59 Å². The van der Waals surface area contributed by atoms with Gasteiger partial charge < -0.3 is 23.8 Å². The monoisotopic (exact) mass is 474 g/mol. The van der Waals surface area contributed by atoms with Crippen molar-refractivity contribution in [1.82, 2.24) is 19.4 Å². The number of halogens is 1. The molecule has 4 rings (SSSR count). The number of amides is 2. The first kappa shape index (κ1) is 23.6. The number of nitrogens with zero attached hydrogens (tertiary/aromatic N) is 4. The molecule has 8 nitrogen and oxygen atoms in total. The molecule has 178 valence electrons. The van der Waals surface area contributed by atoms with Crippen LogP contribution in [0.4, 0.5) is 0 Å². The Hall–Kier alpha value is -2.58. The summed E-state index contributed by atoms with van der Waals surface area (Å²) in [4.78, 5) is 34.1. The first-order valence-corrected chi connectivity index (χ1v) is 11.8. The summed E-state index contributed by atoms with van der Waals surface area (Å²) in [5.41, 5.74) is 0.346. The summed E-state index contributed by atoms with van der Waals surface area (Å²) < 4.78 is 14.0. The molecule has 0 spiro atoms. The number of hydrogen-bond donors (Lipinski definition) is 0. The number of piperidine rings is 1. The number of aryl methyl sites for hydroxylation is 2. The summed E-state index contributed by atoms with van der Waals surface area (Å²) in [6, 6.07) is 5.45. The van der Waals surface area contributed by atoms with Gasteiger partial charge in [-0.15, -0.1) is 0 Å². The molecule has 33 heavy (non-hydrogen) atoms. The predicted molar refractivity (Wildman–Crippen MR) is 125 cm³/mol. The van der Waals surface area contributed by atoms with E-state index >= 15 is 0 Å². The highest BCUT2D eigenvalue weighted by Gasteiger charge is 2.42. The summed E-state index contributed by atoms with van der Waals surface area (Å²) in [5.74, 6) is 0.521. The minimum absolute atomic E-state index is 0.0396. The molecule has 0 aliphatic carbocycles. The topological polar surface area (TPSA) is 76.9 Å². The van der Waals surface area contributed by atoms with Crippen LogP contribution in [0.25, 0.3) is 0 Å². The molecule has 0 unspecified atom stereocenters. The third kappa shape index (κ3) is 5.68. The van der Waals surface area contributed by atoms with Crippen molar-refractivity contribution in [2.24, 2.45) is 7.05 Å². The minimum atomic E-state index is -0.940. The SMILES string of the molecule is Cc1cc(OC[C@@]2(CC(=O)N3CCCCC3)CN(C(=O)c3cn(C)cn3)CCO2)ccc1Cl. The van der Waals surface area contributed by atoms with Gasteiger partial charge in [0, 0.05) is 37.9 Å². The van der Waals surface area contributed by atoms with Gasteiger partial charge in [-0.2, -0.15) is 0 Å². The lowest BCUT2D eigenvalue weighted by Gasteiger charge is -2.43. The Bertz CT molecular complexity index is 1000. The molecule has 0 N–H and O–H groups in total. The summed E-state index contributed by atoms with van der Waals surface area (Å²) >= 11 is 6.14. The molecule has 9 heteroatoms. The van der Waals surface area contributed by atoms with Crippen molar-refractivity contribution >= 4 is 23.4 Å². The van der Waals surface area contributed by atoms with Gasteiger partial charge in [0.2, 0.25) is 5.91 Å². The van der Waals surface area contributed by atoms with E-state index in [1.54, 1.807) is 34.1 Å². The second-order valence-electron chi connectivity index (χ2n) is 9.00. The number of imidazole rings is 1. The predicted octanol–water partition coefficient (Wildman–Crippen LogP) is 3.07. The van der Waals surface area contributed by atoms with Crippen molar-refractivity contribution in [2.45, 2.75) is 38.2 Å². The largest absolute Gasteiger partial charge is 0.490 e. The number of carbonyl (C=O) groups is 2. The van der Waals surface area contributed by atoms with E-state index in [1.807, 2.05) is 24.9 Å².